The van der Waals surface area contributed by atoms with Crippen LogP contribution in [0.5, 0.6) is 0 Å². The summed E-state index contributed by atoms with van der Waals surface area (Å²) in [5.74, 6) is 0.733. The van der Waals surface area contributed by atoms with Crippen LogP contribution in [0.15, 0.2) is 18.2 Å². The van der Waals surface area contributed by atoms with Crippen molar-refractivity contribution in [2.75, 3.05) is 19.6 Å². The van der Waals surface area contributed by atoms with E-state index in [1.807, 2.05) is 0 Å². The van der Waals surface area contributed by atoms with Gasteiger partial charge in [-0.1, -0.05) is 18.2 Å². The van der Waals surface area contributed by atoms with Gasteiger partial charge in [0.05, 0.1) is 0 Å². The molecular weight excluding hydrogens is 184 g/mol. The Morgan fingerprint density at radius 1 is 1.27 bits per heavy atom. The molecule has 1 aromatic carbocycles. The summed E-state index contributed by atoms with van der Waals surface area (Å²) in [5, 5.41) is 0. The van der Waals surface area contributed by atoms with Crippen molar-refractivity contribution in [3.63, 3.8) is 0 Å². The van der Waals surface area contributed by atoms with Crippen molar-refractivity contribution in [3.05, 3.63) is 34.9 Å². The summed E-state index contributed by atoms with van der Waals surface area (Å²) >= 11 is 0. The normalized spacial score (nSPS) is 17.8. The van der Waals surface area contributed by atoms with Gasteiger partial charge in [0.2, 0.25) is 0 Å². The third-order valence-corrected chi connectivity index (χ3v) is 3.34. The zero-order valence-corrected chi connectivity index (χ0v) is 9.66. The van der Waals surface area contributed by atoms with Crippen LogP contribution in [0, 0.1) is 19.8 Å². The summed E-state index contributed by atoms with van der Waals surface area (Å²) in [6.07, 6.45) is 0. The highest BCUT2D eigenvalue weighted by Crippen LogP contribution is 2.18. The first-order valence-electron chi connectivity index (χ1n) is 5.67. The number of hydrogen-bond donors (Lipinski definition) is 1. The largest absolute Gasteiger partial charge is 0.330 e. The van der Waals surface area contributed by atoms with E-state index in [1.165, 1.54) is 29.8 Å². The molecule has 2 heteroatoms. The molecule has 1 aliphatic rings. The van der Waals surface area contributed by atoms with Crippen LogP contribution in [-0.2, 0) is 6.54 Å². The Bertz CT molecular complexity index is 340. The number of rotatable bonds is 3. The molecule has 0 aromatic heterocycles. The summed E-state index contributed by atoms with van der Waals surface area (Å²) in [6.45, 7) is 8.60. The lowest BCUT2D eigenvalue weighted by Gasteiger charge is -2.38. The summed E-state index contributed by atoms with van der Waals surface area (Å²) in [6, 6.07) is 6.74. The maximum absolute atomic E-state index is 5.61. The monoisotopic (exact) mass is 204 g/mol. The molecular formula is C13H20N2. The van der Waals surface area contributed by atoms with E-state index in [4.69, 9.17) is 5.73 Å². The van der Waals surface area contributed by atoms with Gasteiger partial charge in [0, 0.05) is 19.6 Å². The van der Waals surface area contributed by atoms with E-state index >= 15 is 0 Å². The molecule has 1 fully saturated rings. The fraction of sp³-hybridized carbons (Fsp3) is 0.538. The van der Waals surface area contributed by atoms with Crippen LogP contribution in [0.3, 0.4) is 0 Å². The summed E-state index contributed by atoms with van der Waals surface area (Å²) in [5.41, 5.74) is 9.80. The lowest BCUT2D eigenvalue weighted by molar-refractivity contribution is 0.0979. The van der Waals surface area contributed by atoms with Gasteiger partial charge < -0.3 is 5.73 Å². The third kappa shape index (κ3) is 2.39. The SMILES string of the molecule is Cc1ccc(CN2CC(CN)C2)cc1C. The maximum atomic E-state index is 5.61. The quantitative estimate of drug-likeness (QED) is 0.812. The summed E-state index contributed by atoms with van der Waals surface area (Å²) in [4.78, 5) is 2.46. The molecule has 0 radical (unpaired) electrons. The van der Waals surface area contributed by atoms with Crippen molar-refractivity contribution in [1.29, 1.82) is 0 Å². The van der Waals surface area contributed by atoms with Gasteiger partial charge >= 0.3 is 0 Å². The van der Waals surface area contributed by atoms with Crippen LogP contribution >= 0.6 is 0 Å². The molecule has 15 heavy (non-hydrogen) atoms. The highest BCUT2D eigenvalue weighted by molar-refractivity contribution is 5.29. The number of benzene rings is 1. The molecule has 0 spiro atoms. The topological polar surface area (TPSA) is 29.3 Å². The summed E-state index contributed by atoms with van der Waals surface area (Å²) < 4.78 is 0. The second-order valence-electron chi connectivity index (χ2n) is 4.71. The highest BCUT2D eigenvalue weighted by Gasteiger charge is 2.24. The van der Waals surface area contributed by atoms with Crippen molar-refractivity contribution < 1.29 is 0 Å². The van der Waals surface area contributed by atoms with Crippen LogP contribution in [0.2, 0.25) is 0 Å². The Hall–Kier alpha value is -0.860. The molecule has 1 saturated heterocycles. The lowest BCUT2D eigenvalue weighted by atomic mass is 9.99. The fourth-order valence-electron chi connectivity index (χ4n) is 2.12. The molecule has 2 N–H and O–H groups in total. The second-order valence-corrected chi connectivity index (χ2v) is 4.71. The molecule has 1 aromatic rings. The van der Waals surface area contributed by atoms with Crippen LogP contribution < -0.4 is 5.73 Å². The van der Waals surface area contributed by atoms with Gasteiger partial charge in [-0.2, -0.15) is 0 Å². The first-order valence-corrected chi connectivity index (χ1v) is 5.67. The van der Waals surface area contributed by atoms with Gasteiger partial charge in [0.15, 0.2) is 0 Å². The maximum Gasteiger partial charge on any atom is 0.0234 e. The van der Waals surface area contributed by atoms with E-state index in [0.29, 0.717) is 0 Å². The van der Waals surface area contributed by atoms with Crippen LogP contribution in [-0.4, -0.2) is 24.5 Å². The zero-order chi connectivity index (χ0) is 10.8. The average Bonchev–Trinajstić information content (AvgIpc) is 2.16. The molecule has 0 unspecified atom stereocenters. The van der Waals surface area contributed by atoms with Crippen LogP contribution in [0.25, 0.3) is 0 Å². The first kappa shape index (κ1) is 10.7. The third-order valence-electron chi connectivity index (χ3n) is 3.34. The van der Waals surface area contributed by atoms with Crippen molar-refractivity contribution >= 4 is 0 Å². The number of likely N-dealkylation sites (tertiary alicyclic amines) is 1. The van der Waals surface area contributed by atoms with E-state index in [2.05, 4.69) is 36.9 Å². The Morgan fingerprint density at radius 2 is 2.00 bits per heavy atom. The Balaban J connectivity index is 1.92. The van der Waals surface area contributed by atoms with Crippen molar-refractivity contribution in [2.24, 2.45) is 11.7 Å². The molecule has 0 amide bonds. The van der Waals surface area contributed by atoms with Gasteiger partial charge in [-0.15, -0.1) is 0 Å². The Labute approximate surface area is 92.1 Å². The van der Waals surface area contributed by atoms with E-state index in [9.17, 15) is 0 Å². The van der Waals surface area contributed by atoms with E-state index < -0.39 is 0 Å². The Morgan fingerprint density at radius 3 is 2.60 bits per heavy atom. The predicted octanol–water partition coefficient (Wildman–Crippen LogP) is 1.69. The van der Waals surface area contributed by atoms with Crippen molar-refractivity contribution in [3.8, 4) is 0 Å². The molecule has 0 saturated carbocycles. The number of nitrogens with two attached hydrogens (primary N) is 1. The average molecular weight is 204 g/mol. The first-order chi connectivity index (χ1) is 7.19. The number of hydrogen-bond acceptors (Lipinski definition) is 2. The summed E-state index contributed by atoms with van der Waals surface area (Å²) in [7, 11) is 0. The van der Waals surface area contributed by atoms with Crippen molar-refractivity contribution in [1.82, 2.24) is 4.90 Å². The number of nitrogens with zero attached hydrogens (tertiary/aromatic N) is 1. The second kappa shape index (κ2) is 4.33. The standard InChI is InChI=1S/C13H20N2/c1-10-3-4-12(5-11(10)2)7-15-8-13(6-14)9-15/h3-5,13H,6-9,14H2,1-2H3. The molecule has 0 bridgehead atoms. The Kier molecular flexibility index (Phi) is 3.08. The molecule has 82 valence electrons. The van der Waals surface area contributed by atoms with Gasteiger partial charge in [0.1, 0.15) is 0 Å². The fourth-order valence-corrected chi connectivity index (χ4v) is 2.12. The van der Waals surface area contributed by atoms with E-state index in [0.717, 1.165) is 19.0 Å². The smallest absolute Gasteiger partial charge is 0.0234 e. The van der Waals surface area contributed by atoms with Gasteiger partial charge in [-0.05, 0) is 43.0 Å². The number of aryl methyl sites for hydroxylation is 2. The lowest BCUT2D eigenvalue weighted by Crippen LogP contribution is -2.49. The molecule has 1 aliphatic heterocycles. The van der Waals surface area contributed by atoms with Gasteiger partial charge in [0.25, 0.3) is 0 Å². The molecule has 2 nitrogen and oxygen atoms in total. The molecule has 0 atom stereocenters. The molecule has 0 aliphatic carbocycles. The van der Waals surface area contributed by atoms with Gasteiger partial charge in [-0.25, -0.2) is 0 Å². The van der Waals surface area contributed by atoms with E-state index in [-0.39, 0.29) is 0 Å². The highest BCUT2D eigenvalue weighted by atomic mass is 15.2. The van der Waals surface area contributed by atoms with Gasteiger partial charge in [-0.3, -0.25) is 4.90 Å². The minimum Gasteiger partial charge on any atom is -0.330 e. The minimum absolute atomic E-state index is 0.733. The van der Waals surface area contributed by atoms with Crippen molar-refractivity contribution in [2.45, 2.75) is 20.4 Å². The molecule has 1 heterocycles. The zero-order valence-electron chi connectivity index (χ0n) is 9.66. The minimum atomic E-state index is 0.733. The molecule has 2 rings (SSSR count). The van der Waals surface area contributed by atoms with Crippen LogP contribution in [0.4, 0.5) is 0 Å². The van der Waals surface area contributed by atoms with Crippen LogP contribution in [0.1, 0.15) is 16.7 Å². The van der Waals surface area contributed by atoms with E-state index in [1.54, 1.807) is 0 Å². The predicted molar refractivity (Wildman–Crippen MR) is 63.7 cm³/mol.